The number of hydrogen-bond acceptors (Lipinski definition) is 4. The highest BCUT2D eigenvalue weighted by Gasteiger charge is 2.53. The second-order valence-electron chi connectivity index (χ2n) is 8.18. The molecule has 4 rings (SSSR count). The van der Waals surface area contributed by atoms with Crippen LogP contribution in [0.1, 0.15) is 46.1 Å². The van der Waals surface area contributed by atoms with Gasteiger partial charge in [0, 0.05) is 5.69 Å². The van der Waals surface area contributed by atoms with Gasteiger partial charge in [-0.25, -0.2) is 0 Å². The minimum Gasteiger partial charge on any atom is -0.399 e. The predicted molar refractivity (Wildman–Crippen MR) is 94.6 cm³/mol. The maximum Gasteiger partial charge on any atom is 0.494 e. The number of nitrogens with one attached hydrogen (secondary N) is 2. The van der Waals surface area contributed by atoms with E-state index in [1.165, 1.54) is 0 Å². The third-order valence-corrected chi connectivity index (χ3v) is 6.22. The summed E-state index contributed by atoms with van der Waals surface area (Å²) in [4.78, 5) is 12.6. The molecule has 0 atom stereocenters. The first-order chi connectivity index (χ1) is 11.3. The molecule has 0 aromatic heterocycles. The molecule has 0 radical (unpaired) electrons. The molecule has 5 nitrogen and oxygen atoms in total. The van der Waals surface area contributed by atoms with Gasteiger partial charge >= 0.3 is 7.12 Å². The first-order valence-electron chi connectivity index (χ1n) is 8.77. The largest absolute Gasteiger partial charge is 0.494 e. The second kappa shape index (κ2) is 5.07. The van der Waals surface area contributed by atoms with Crippen molar-refractivity contribution in [1.82, 2.24) is 5.32 Å². The molecule has 0 unspecified atom stereocenters. The Hall–Kier alpha value is -1.37. The fraction of sp³-hybridized carbons (Fsp3) is 0.611. The van der Waals surface area contributed by atoms with Crippen LogP contribution in [0.5, 0.6) is 0 Å². The van der Waals surface area contributed by atoms with Gasteiger partial charge in [-0.1, -0.05) is 12.1 Å². The van der Waals surface area contributed by atoms with Crippen LogP contribution in [0.15, 0.2) is 18.2 Å². The minimum absolute atomic E-state index is 0.130. The molecule has 2 fully saturated rings. The number of benzene rings is 1. The van der Waals surface area contributed by atoms with Gasteiger partial charge < -0.3 is 19.9 Å². The maximum atomic E-state index is 12.6. The molecule has 3 heterocycles. The molecular formula is C18H25BN2O3. The number of hydrogen-bond donors (Lipinski definition) is 2. The molecule has 24 heavy (non-hydrogen) atoms. The third kappa shape index (κ3) is 2.16. The van der Waals surface area contributed by atoms with Crippen molar-refractivity contribution in [2.75, 3.05) is 18.4 Å². The van der Waals surface area contributed by atoms with Crippen LogP contribution in [0.4, 0.5) is 5.69 Å². The Kier molecular flexibility index (Phi) is 3.40. The molecule has 3 aliphatic rings. The van der Waals surface area contributed by atoms with Crippen molar-refractivity contribution in [2.45, 2.75) is 57.2 Å². The van der Waals surface area contributed by atoms with Crippen molar-refractivity contribution in [2.24, 2.45) is 0 Å². The van der Waals surface area contributed by atoms with Gasteiger partial charge in [0.25, 0.3) is 0 Å². The van der Waals surface area contributed by atoms with Gasteiger partial charge in [-0.2, -0.15) is 0 Å². The van der Waals surface area contributed by atoms with Crippen LogP contribution in [-0.2, 0) is 19.5 Å². The highest BCUT2D eigenvalue weighted by atomic mass is 16.7. The Morgan fingerprint density at radius 1 is 1.04 bits per heavy atom. The van der Waals surface area contributed by atoms with Crippen LogP contribution in [-0.4, -0.2) is 37.3 Å². The summed E-state index contributed by atoms with van der Waals surface area (Å²) in [5.74, 6) is 0.130. The van der Waals surface area contributed by atoms with Crippen LogP contribution in [0, 0.1) is 0 Å². The Morgan fingerprint density at radius 2 is 1.67 bits per heavy atom. The number of anilines is 1. The summed E-state index contributed by atoms with van der Waals surface area (Å²) in [7, 11) is -0.394. The van der Waals surface area contributed by atoms with Crippen LogP contribution < -0.4 is 16.1 Å². The van der Waals surface area contributed by atoms with Gasteiger partial charge in [0.15, 0.2) is 0 Å². The lowest BCUT2D eigenvalue weighted by Gasteiger charge is -2.32. The summed E-state index contributed by atoms with van der Waals surface area (Å²) in [5, 5.41) is 6.41. The van der Waals surface area contributed by atoms with Gasteiger partial charge in [-0.15, -0.1) is 0 Å². The number of carbonyl (C=O) groups excluding carboxylic acids is 1. The number of rotatable bonds is 1. The van der Waals surface area contributed by atoms with Crippen LogP contribution in [0.25, 0.3) is 0 Å². The fourth-order valence-corrected chi connectivity index (χ4v) is 3.91. The second-order valence-corrected chi connectivity index (χ2v) is 8.18. The topological polar surface area (TPSA) is 59.6 Å². The van der Waals surface area contributed by atoms with Crippen LogP contribution in [0.2, 0.25) is 0 Å². The lowest BCUT2D eigenvalue weighted by molar-refractivity contribution is -0.121. The molecule has 6 heteroatoms. The smallest absolute Gasteiger partial charge is 0.399 e. The van der Waals surface area contributed by atoms with Crippen molar-refractivity contribution in [3.63, 3.8) is 0 Å². The third-order valence-electron chi connectivity index (χ3n) is 6.22. The van der Waals surface area contributed by atoms with E-state index in [-0.39, 0.29) is 17.1 Å². The minimum atomic E-state index is -0.403. The lowest BCUT2D eigenvalue weighted by Crippen LogP contribution is -2.45. The average Bonchev–Trinajstić information content (AvgIpc) is 2.91. The van der Waals surface area contributed by atoms with Crippen molar-refractivity contribution in [1.29, 1.82) is 0 Å². The van der Waals surface area contributed by atoms with Crippen molar-refractivity contribution < 1.29 is 14.1 Å². The van der Waals surface area contributed by atoms with Crippen LogP contribution >= 0.6 is 0 Å². The van der Waals surface area contributed by atoms with Crippen molar-refractivity contribution in [3.8, 4) is 0 Å². The Morgan fingerprint density at radius 3 is 2.29 bits per heavy atom. The first kappa shape index (κ1) is 16.1. The average molecular weight is 328 g/mol. The molecule has 1 amide bonds. The van der Waals surface area contributed by atoms with E-state index in [0.29, 0.717) is 0 Å². The molecule has 1 aromatic rings. The van der Waals surface area contributed by atoms with Gasteiger partial charge in [-0.05, 0) is 70.7 Å². The zero-order valence-electron chi connectivity index (χ0n) is 14.9. The molecule has 2 saturated heterocycles. The molecular weight excluding hydrogens is 303 g/mol. The summed E-state index contributed by atoms with van der Waals surface area (Å²) in [6, 6.07) is 6.10. The van der Waals surface area contributed by atoms with Gasteiger partial charge in [0.1, 0.15) is 0 Å². The molecule has 3 aliphatic heterocycles. The molecule has 0 aliphatic carbocycles. The van der Waals surface area contributed by atoms with Gasteiger partial charge in [0.05, 0.1) is 16.6 Å². The van der Waals surface area contributed by atoms with E-state index in [0.717, 1.165) is 42.6 Å². The lowest BCUT2D eigenvalue weighted by atomic mass is 9.70. The summed E-state index contributed by atoms with van der Waals surface area (Å²) < 4.78 is 12.3. The van der Waals surface area contributed by atoms with E-state index in [1.54, 1.807) is 0 Å². The molecule has 0 saturated carbocycles. The normalized spacial score (nSPS) is 26.5. The molecule has 128 valence electrons. The number of piperidine rings is 1. The highest BCUT2D eigenvalue weighted by molar-refractivity contribution is 6.62. The van der Waals surface area contributed by atoms with Crippen LogP contribution in [0.3, 0.4) is 0 Å². The molecule has 1 aromatic carbocycles. The molecule has 0 bridgehead atoms. The van der Waals surface area contributed by atoms with E-state index in [1.807, 2.05) is 12.1 Å². The Balaban J connectivity index is 1.71. The van der Waals surface area contributed by atoms with E-state index >= 15 is 0 Å². The van der Waals surface area contributed by atoms with Crippen molar-refractivity contribution >= 4 is 24.2 Å². The number of fused-ring (bicyclic) bond motifs is 2. The Bertz CT molecular complexity index is 680. The van der Waals surface area contributed by atoms with Gasteiger partial charge in [0.2, 0.25) is 5.91 Å². The van der Waals surface area contributed by atoms with E-state index in [4.69, 9.17) is 9.31 Å². The predicted octanol–water partition coefficient (Wildman–Crippen LogP) is 1.56. The molecule has 1 spiro atoms. The summed E-state index contributed by atoms with van der Waals surface area (Å²) >= 11 is 0. The van der Waals surface area contributed by atoms with Crippen molar-refractivity contribution in [3.05, 3.63) is 23.8 Å². The number of carbonyl (C=O) groups is 1. The maximum absolute atomic E-state index is 12.6. The Labute approximate surface area is 143 Å². The number of amides is 1. The standard InChI is InChI=1S/C18H25BN2O3/c1-16(2)17(3,4)24-19(23-16)12-5-6-14-13(11-12)18(15(22)21-14)7-9-20-10-8-18/h5-6,11,20H,7-10H2,1-4H3,(H,21,22). The fourth-order valence-electron chi connectivity index (χ4n) is 3.91. The summed E-state index contributed by atoms with van der Waals surface area (Å²) in [5.41, 5.74) is 1.89. The molecule has 2 N–H and O–H groups in total. The highest BCUT2D eigenvalue weighted by Crippen LogP contribution is 2.44. The quantitative estimate of drug-likeness (QED) is 0.768. The van der Waals surface area contributed by atoms with E-state index < -0.39 is 12.5 Å². The summed E-state index contributed by atoms with van der Waals surface area (Å²) in [6.45, 7) is 9.96. The monoisotopic (exact) mass is 328 g/mol. The van der Waals surface area contributed by atoms with E-state index in [2.05, 4.69) is 44.4 Å². The SMILES string of the molecule is CC1(C)OB(c2ccc3c(c2)C2(CCNCC2)C(=O)N3)OC1(C)C. The first-order valence-corrected chi connectivity index (χ1v) is 8.77. The van der Waals surface area contributed by atoms with Gasteiger partial charge in [-0.3, -0.25) is 4.79 Å². The van der Waals surface area contributed by atoms with E-state index in [9.17, 15) is 4.79 Å². The zero-order valence-corrected chi connectivity index (χ0v) is 14.9. The zero-order chi connectivity index (χ0) is 17.2. The summed E-state index contributed by atoms with van der Waals surface area (Å²) in [6.07, 6.45) is 1.66.